The minimum atomic E-state index is -0.863. The lowest BCUT2D eigenvalue weighted by Crippen LogP contribution is -2.33. The Bertz CT molecular complexity index is 791. The number of carbonyl (C=O) groups is 2. The van der Waals surface area contributed by atoms with E-state index in [1.54, 1.807) is 44.2 Å². The molecule has 1 amide bonds. The fourth-order valence-electron chi connectivity index (χ4n) is 2.33. The predicted octanol–water partition coefficient (Wildman–Crippen LogP) is 4.11. The molecule has 5 nitrogen and oxygen atoms in total. The Morgan fingerprint density at radius 3 is 2.54 bits per heavy atom. The molecule has 0 aliphatic carbocycles. The molecule has 1 N–H and O–H groups in total. The van der Waals surface area contributed by atoms with Gasteiger partial charge in [-0.1, -0.05) is 25.1 Å². The van der Waals surface area contributed by atoms with Crippen molar-refractivity contribution in [1.29, 1.82) is 0 Å². The van der Waals surface area contributed by atoms with Crippen LogP contribution in [0.25, 0.3) is 0 Å². The van der Waals surface area contributed by atoms with Gasteiger partial charge in [0.1, 0.15) is 0 Å². The molecule has 0 bridgehead atoms. The molecule has 0 aromatic heterocycles. The van der Waals surface area contributed by atoms with Gasteiger partial charge in [0.25, 0.3) is 5.91 Å². The summed E-state index contributed by atoms with van der Waals surface area (Å²) >= 11 is 0. The third-order valence-electron chi connectivity index (χ3n) is 3.78. The van der Waals surface area contributed by atoms with Crippen LogP contribution >= 0.6 is 0 Å². The average Bonchev–Trinajstić information content (AvgIpc) is 2.63. The Morgan fingerprint density at radius 2 is 1.88 bits per heavy atom. The van der Waals surface area contributed by atoms with Gasteiger partial charge >= 0.3 is 5.97 Å². The smallest absolute Gasteiger partial charge is 0.338 e. The standard InChI is InChI=1S/C20H22FNO4/c1-4-17(26-18-9-7-6-8-15(18)21)19(23)22-16-12-14(11-10-13(16)3)20(24)25-5-2/h6-12,17H,4-5H2,1-3H3,(H,22,23)/t17-/m0/s1. The van der Waals surface area contributed by atoms with E-state index in [-0.39, 0.29) is 12.4 Å². The number of ether oxygens (including phenoxy) is 2. The number of amides is 1. The molecule has 2 aromatic carbocycles. The van der Waals surface area contributed by atoms with E-state index in [4.69, 9.17) is 9.47 Å². The highest BCUT2D eigenvalue weighted by molar-refractivity contribution is 5.97. The van der Waals surface area contributed by atoms with Gasteiger partial charge < -0.3 is 14.8 Å². The fraction of sp³-hybridized carbons (Fsp3) is 0.300. The van der Waals surface area contributed by atoms with Crippen molar-refractivity contribution in [3.63, 3.8) is 0 Å². The van der Waals surface area contributed by atoms with Crippen LogP contribution in [0.3, 0.4) is 0 Å². The average molecular weight is 359 g/mol. The molecule has 0 spiro atoms. The van der Waals surface area contributed by atoms with Crippen LogP contribution in [0.1, 0.15) is 36.2 Å². The number of carbonyl (C=O) groups excluding carboxylic acids is 2. The Labute approximate surface area is 152 Å². The van der Waals surface area contributed by atoms with Crippen LogP contribution in [0.5, 0.6) is 5.75 Å². The van der Waals surface area contributed by atoms with E-state index in [1.165, 1.54) is 12.1 Å². The van der Waals surface area contributed by atoms with Crippen molar-refractivity contribution in [3.05, 3.63) is 59.4 Å². The minimum absolute atomic E-state index is 0.0199. The third-order valence-corrected chi connectivity index (χ3v) is 3.78. The van der Waals surface area contributed by atoms with Gasteiger partial charge in [0, 0.05) is 5.69 Å². The van der Waals surface area contributed by atoms with Crippen LogP contribution in [-0.2, 0) is 9.53 Å². The van der Waals surface area contributed by atoms with E-state index in [1.807, 2.05) is 6.92 Å². The Morgan fingerprint density at radius 1 is 1.15 bits per heavy atom. The van der Waals surface area contributed by atoms with E-state index < -0.39 is 23.8 Å². The Hall–Kier alpha value is -2.89. The van der Waals surface area contributed by atoms with Crippen molar-refractivity contribution in [1.82, 2.24) is 0 Å². The summed E-state index contributed by atoms with van der Waals surface area (Å²) in [7, 11) is 0. The lowest BCUT2D eigenvalue weighted by molar-refractivity contribution is -0.122. The number of nitrogens with one attached hydrogen (secondary N) is 1. The first-order chi connectivity index (χ1) is 12.5. The third kappa shape index (κ3) is 4.81. The maximum absolute atomic E-state index is 13.7. The molecule has 1 atom stereocenters. The SMILES string of the molecule is CCOC(=O)c1ccc(C)c(NC(=O)[C@H](CC)Oc2ccccc2F)c1. The van der Waals surface area contributed by atoms with Crippen molar-refractivity contribution in [2.45, 2.75) is 33.3 Å². The van der Waals surface area contributed by atoms with Crippen LogP contribution in [0.15, 0.2) is 42.5 Å². The first-order valence-corrected chi connectivity index (χ1v) is 8.46. The molecule has 0 fully saturated rings. The monoisotopic (exact) mass is 359 g/mol. The molecule has 0 heterocycles. The number of rotatable bonds is 7. The highest BCUT2D eigenvalue weighted by Crippen LogP contribution is 2.21. The van der Waals surface area contributed by atoms with E-state index in [9.17, 15) is 14.0 Å². The maximum atomic E-state index is 13.7. The summed E-state index contributed by atoms with van der Waals surface area (Å²) in [4.78, 5) is 24.4. The number of anilines is 1. The molecule has 2 aromatic rings. The molecular weight excluding hydrogens is 337 g/mol. The number of aryl methyl sites for hydroxylation is 1. The van der Waals surface area contributed by atoms with Crippen molar-refractivity contribution >= 4 is 17.6 Å². The lowest BCUT2D eigenvalue weighted by Gasteiger charge is -2.18. The van der Waals surface area contributed by atoms with Crippen molar-refractivity contribution < 1.29 is 23.5 Å². The molecule has 0 aliphatic heterocycles. The summed E-state index contributed by atoms with van der Waals surface area (Å²) < 4.78 is 24.2. The summed E-state index contributed by atoms with van der Waals surface area (Å²) in [6.07, 6.45) is -0.505. The van der Waals surface area contributed by atoms with Crippen LogP contribution in [0.2, 0.25) is 0 Å². The number of halogens is 1. The highest BCUT2D eigenvalue weighted by Gasteiger charge is 2.21. The van der Waals surface area contributed by atoms with Gasteiger partial charge in [-0.2, -0.15) is 0 Å². The van der Waals surface area contributed by atoms with Gasteiger partial charge in [-0.3, -0.25) is 4.79 Å². The number of para-hydroxylation sites is 1. The first-order valence-electron chi connectivity index (χ1n) is 8.46. The number of benzene rings is 2. The van der Waals surface area contributed by atoms with E-state index >= 15 is 0 Å². The van der Waals surface area contributed by atoms with Gasteiger partial charge in [0.15, 0.2) is 17.7 Å². The normalized spacial score (nSPS) is 11.5. The molecule has 138 valence electrons. The summed E-state index contributed by atoms with van der Waals surface area (Å²) in [5.74, 6) is -1.39. The first kappa shape index (κ1) is 19.4. The van der Waals surface area contributed by atoms with Gasteiger partial charge in [-0.05, 0) is 50.1 Å². The molecule has 6 heteroatoms. The zero-order valence-electron chi connectivity index (χ0n) is 15.0. The lowest BCUT2D eigenvalue weighted by atomic mass is 10.1. The van der Waals surface area contributed by atoms with Gasteiger partial charge in [-0.15, -0.1) is 0 Å². The number of esters is 1. The van der Waals surface area contributed by atoms with Crippen LogP contribution in [0, 0.1) is 12.7 Å². The summed E-state index contributed by atoms with van der Waals surface area (Å²) in [6, 6.07) is 10.8. The highest BCUT2D eigenvalue weighted by atomic mass is 19.1. The van der Waals surface area contributed by atoms with Crippen LogP contribution in [-0.4, -0.2) is 24.6 Å². The summed E-state index contributed by atoms with van der Waals surface area (Å²) in [5.41, 5.74) is 1.61. The second-order valence-electron chi connectivity index (χ2n) is 5.68. The summed E-state index contributed by atoms with van der Waals surface area (Å²) in [6.45, 7) is 5.57. The molecule has 0 saturated carbocycles. The quantitative estimate of drug-likeness (QED) is 0.756. The summed E-state index contributed by atoms with van der Waals surface area (Å²) in [5, 5.41) is 2.74. The molecule has 0 radical (unpaired) electrons. The Kier molecular flexibility index (Phi) is 6.72. The molecular formula is C20H22FNO4. The second-order valence-corrected chi connectivity index (χ2v) is 5.68. The van der Waals surface area contributed by atoms with E-state index in [2.05, 4.69) is 5.32 Å². The maximum Gasteiger partial charge on any atom is 0.338 e. The molecule has 26 heavy (non-hydrogen) atoms. The number of hydrogen-bond donors (Lipinski definition) is 1. The molecule has 0 unspecified atom stereocenters. The van der Waals surface area contributed by atoms with Gasteiger partial charge in [0.2, 0.25) is 0 Å². The largest absolute Gasteiger partial charge is 0.478 e. The van der Waals surface area contributed by atoms with Gasteiger partial charge in [-0.25, -0.2) is 9.18 Å². The zero-order chi connectivity index (χ0) is 19.1. The van der Waals surface area contributed by atoms with Crippen LogP contribution in [0.4, 0.5) is 10.1 Å². The second kappa shape index (κ2) is 8.99. The topological polar surface area (TPSA) is 64.6 Å². The van der Waals surface area contributed by atoms with E-state index in [0.29, 0.717) is 17.7 Å². The zero-order valence-corrected chi connectivity index (χ0v) is 15.0. The predicted molar refractivity (Wildman–Crippen MR) is 96.9 cm³/mol. The molecule has 0 saturated heterocycles. The number of hydrogen-bond acceptors (Lipinski definition) is 4. The van der Waals surface area contributed by atoms with Gasteiger partial charge in [0.05, 0.1) is 12.2 Å². The molecule has 2 rings (SSSR count). The Balaban J connectivity index is 2.15. The van der Waals surface area contributed by atoms with E-state index in [0.717, 1.165) is 5.56 Å². The minimum Gasteiger partial charge on any atom is -0.478 e. The van der Waals surface area contributed by atoms with Crippen molar-refractivity contribution in [3.8, 4) is 5.75 Å². The fourth-order valence-corrected chi connectivity index (χ4v) is 2.33. The van der Waals surface area contributed by atoms with Crippen molar-refractivity contribution in [2.24, 2.45) is 0 Å². The van der Waals surface area contributed by atoms with Crippen LogP contribution < -0.4 is 10.1 Å². The molecule has 0 aliphatic rings. The van der Waals surface area contributed by atoms with Crippen molar-refractivity contribution in [2.75, 3.05) is 11.9 Å².